The normalized spacial score (nSPS) is 13.8. The highest BCUT2D eigenvalue weighted by Gasteiger charge is 2.35. The van der Waals surface area contributed by atoms with Crippen LogP contribution in [0.1, 0.15) is 41.3 Å². The van der Waals surface area contributed by atoms with Crippen molar-refractivity contribution in [3.8, 4) is 28.7 Å². The molecule has 0 N–H and O–H groups in total. The van der Waals surface area contributed by atoms with Crippen molar-refractivity contribution >= 4 is 5.65 Å². The van der Waals surface area contributed by atoms with Gasteiger partial charge in [0, 0.05) is 37.3 Å². The lowest BCUT2D eigenvalue weighted by atomic mass is 10.0. The Hall–Kier alpha value is -4.42. The number of aryl methyl sites for hydroxylation is 1. The minimum atomic E-state index is -4.62. The molecule has 5 aromatic rings. The van der Waals surface area contributed by atoms with Gasteiger partial charge in [-0.1, -0.05) is 6.07 Å². The highest BCUT2D eigenvalue weighted by molar-refractivity contribution is 5.68. The maximum atomic E-state index is 15.1. The zero-order valence-corrected chi connectivity index (χ0v) is 20.2. The van der Waals surface area contributed by atoms with E-state index < -0.39 is 17.7 Å². The van der Waals surface area contributed by atoms with Crippen molar-refractivity contribution < 1.29 is 22.3 Å². The van der Waals surface area contributed by atoms with Crippen LogP contribution in [0.3, 0.4) is 0 Å². The molecule has 1 aliphatic rings. The van der Waals surface area contributed by atoms with E-state index in [2.05, 4.69) is 25.0 Å². The van der Waals surface area contributed by atoms with Gasteiger partial charge in [-0.3, -0.25) is 0 Å². The molecule has 1 aliphatic carbocycles. The van der Waals surface area contributed by atoms with Gasteiger partial charge in [0.1, 0.15) is 29.9 Å². The fourth-order valence-electron chi connectivity index (χ4n) is 4.43. The highest BCUT2D eigenvalue weighted by atomic mass is 19.4. The maximum Gasteiger partial charge on any atom is 0.434 e. The molecule has 194 valence electrons. The molecule has 1 fully saturated rings. The van der Waals surface area contributed by atoms with Crippen molar-refractivity contribution in [1.82, 2.24) is 39.1 Å². The molecule has 9 nitrogen and oxygen atoms in total. The largest absolute Gasteiger partial charge is 0.480 e. The second-order valence-electron chi connectivity index (χ2n) is 9.09. The second kappa shape index (κ2) is 8.85. The van der Waals surface area contributed by atoms with E-state index in [1.807, 2.05) is 0 Å². The molecule has 0 saturated heterocycles. The standard InChI is InChI=1S/C25H20F4N8O/c1-36-10-18(25(27,28)29)33-23(36)16-6-3-13(8-17(16)26)7-15-9-30-12-37-22(15)34-21(35-37)19-20(14-4-5-14)31-11-32-24(19)38-2/h3,6,8-12,14H,4-5,7H2,1-2H3. The van der Waals surface area contributed by atoms with Crippen LogP contribution in [0.25, 0.3) is 28.4 Å². The van der Waals surface area contributed by atoms with E-state index in [-0.39, 0.29) is 17.8 Å². The average molecular weight is 524 g/mol. The molecule has 1 saturated carbocycles. The van der Waals surface area contributed by atoms with E-state index in [9.17, 15) is 13.2 Å². The van der Waals surface area contributed by atoms with Crippen LogP contribution >= 0.6 is 0 Å². The molecule has 1 aromatic carbocycles. The van der Waals surface area contributed by atoms with Gasteiger partial charge in [0.25, 0.3) is 0 Å². The fourth-order valence-corrected chi connectivity index (χ4v) is 4.43. The molecular weight excluding hydrogens is 504 g/mol. The van der Waals surface area contributed by atoms with Crippen molar-refractivity contribution in [3.05, 3.63) is 71.6 Å². The van der Waals surface area contributed by atoms with Crippen LogP contribution in [0.5, 0.6) is 5.88 Å². The van der Waals surface area contributed by atoms with E-state index in [1.54, 1.807) is 12.3 Å². The van der Waals surface area contributed by atoms with E-state index in [4.69, 9.17) is 9.72 Å². The number of hydrogen-bond donors (Lipinski definition) is 0. The van der Waals surface area contributed by atoms with Crippen LogP contribution in [0.4, 0.5) is 17.6 Å². The molecule has 6 rings (SSSR count). The number of rotatable bonds is 6. The summed E-state index contributed by atoms with van der Waals surface area (Å²) in [6.07, 6.45) is 3.12. The van der Waals surface area contributed by atoms with E-state index >= 15 is 4.39 Å². The summed E-state index contributed by atoms with van der Waals surface area (Å²) >= 11 is 0. The molecule has 0 unspecified atom stereocenters. The van der Waals surface area contributed by atoms with E-state index in [0.29, 0.717) is 40.0 Å². The summed E-state index contributed by atoms with van der Waals surface area (Å²) in [5, 5.41) is 4.57. The summed E-state index contributed by atoms with van der Waals surface area (Å²) in [5.74, 6) is 0.284. The number of hydrogen-bond acceptors (Lipinski definition) is 7. The predicted octanol–water partition coefficient (Wildman–Crippen LogP) is 4.62. The Morgan fingerprint density at radius 2 is 1.95 bits per heavy atom. The van der Waals surface area contributed by atoms with Crippen LogP contribution < -0.4 is 4.74 Å². The highest BCUT2D eigenvalue weighted by Crippen LogP contribution is 2.45. The van der Waals surface area contributed by atoms with Crippen molar-refractivity contribution in [2.45, 2.75) is 31.4 Å². The number of ether oxygens (including phenoxy) is 1. The van der Waals surface area contributed by atoms with Gasteiger partial charge in [-0.05, 0) is 30.5 Å². The van der Waals surface area contributed by atoms with Crippen molar-refractivity contribution in [2.24, 2.45) is 7.05 Å². The third kappa shape index (κ3) is 4.23. The predicted molar refractivity (Wildman–Crippen MR) is 127 cm³/mol. The van der Waals surface area contributed by atoms with Crippen molar-refractivity contribution in [1.29, 1.82) is 0 Å². The van der Waals surface area contributed by atoms with Crippen LogP contribution in [0.2, 0.25) is 0 Å². The van der Waals surface area contributed by atoms with Crippen LogP contribution in [0, 0.1) is 5.82 Å². The van der Waals surface area contributed by atoms with Gasteiger partial charge in [0.2, 0.25) is 5.88 Å². The Morgan fingerprint density at radius 3 is 2.63 bits per heavy atom. The first kappa shape index (κ1) is 23.9. The molecule has 0 amide bonds. The van der Waals surface area contributed by atoms with Crippen molar-refractivity contribution in [3.63, 3.8) is 0 Å². The quantitative estimate of drug-likeness (QED) is 0.299. The summed E-state index contributed by atoms with van der Waals surface area (Å²) in [5.41, 5.74) is 2.14. The van der Waals surface area contributed by atoms with Crippen LogP contribution in [-0.4, -0.2) is 46.2 Å². The Balaban J connectivity index is 1.34. The minimum Gasteiger partial charge on any atom is -0.480 e. The Kier molecular flexibility index (Phi) is 5.58. The average Bonchev–Trinajstić information content (AvgIpc) is 3.51. The number of benzene rings is 1. The van der Waals surface area contributed by atoms with Gasteiger partial charge in [-0.2, -0.15) is 13.2 Å². The maximum absolute atomic E-state index is 15.1. The molecule has 4 heterocycles. The molecule has 0 spiro atoms. The first-order valence-electron chi connectivity index (χ1n) is 11.7. The van der Waals surface area contributed by atoms with Crippen LogP contribution in [-0.2, 0) is 19.6 Å². The van der Waals surface area contributed by atoms with Gasteiger partial charge in [0.15, 0.2) is 17.2 Å². The van der Waals surface area contributed by atoms with Gasteiger partial charge in [-0.25, -0.2) is 33.8 Å². The van der Waals surface area contributed by atoms with Gasteiger partial charge in [0.05, 0.1) is 18.4 Å². The third-order valence-corrected chi connectivity index (χ3v) is 6.38. The second-order valence-corrected chi connectivity index (χ2v) is 9.09. The van der Waals surface area contributed by atoms with Gasteiger partial charge in [-0.15, -0.1) is 5.10 Å². The lowest BCUT2D eigenvalue weighted by Crippen LogP contribution is -2.05. The number of methoxy groups -OCH3 is 1. The zero-order chi connectivity index (χ0) is 26.6. The summed E-state index contributed by atoms with van der Waals surface area (Å²) < 4.78 is 62.3. The van der Waals surface area contributed by atoms with E-state index in [0.717, 1.165) is 29.3 Å². The number of aromatic nitrogens is 8. The summed E-state index contributed by atoms with van der Waals surface area (Å²) in [6.45, 7) is 0. The van der Waals surface area contributed by atoms with Crippen LogP contribution in [0.15, 0.2) is 43.2 Å². The third-order valence-electron chi connectivity index (χ3n) is 6.38. The van der Waals surface area contributed by atoms with Gasteiger partial charge < -0.3 is 9.30 Å². The number of fused-ring (bicyclic) bond motifs is 1. The summed E-state index contributed by atoms with van der Waals surface area (Å²) in [6, 6.07) is 4.34. The topological polar surface area (TPSA) is 95.9 Å². The number of alkyl halides is 3. The monoisotopic (exact) mass is 524 g/mol. The lowest BCUT2D eigenvalue weighted by Gasteiger charge is -2.08. The molecule has 0 bridgehead atoms. The number of halogens is 4. The molecule has 13 heteroatoms. The smallest absolute Gasteiger partial charge is 0.434 e. The number of nitrogens with zero attached hydrogens (tertiary/aromatic N) is 8. The molecule has 38 heavy (non-hydrogen) atoms. The minimum absolute atomic E-state index is 0.0309. The molecule has 4 aromatic heterocycles. The van der Waals surface area contributed by atoms with Crippen molar-refractivity contribution in [2.75, 3.05) is 7.11 Å². The first-order valence-corrected chi connectivity index (χ1v) is 11.7. The molecule has 0 aliphatic heterocycles. The van der Waals surface area contributed by atoms with E-state index in [1.165, 1.54) is 43.5 Å². The Labute approximate surface area is 213 Å². The first-order chi connectivity index (χ1) is 18.2. The fraction of sp³-hybridized carbons (Fsp3) is 0.280. The number of imidazole rings is 1. The SMILES string of the molecule is COc1ncnc(C2CC2)c1-c1nc2c(Cc3ccc(-c4nc(C(F)(F)F)cn4C)c(F)c3)cncn2n1. The Bertz CT molecular complexity index is 1670. The Morgan fingerprint density at radius 1 is 1.13 bits per heavy atom. The summed E-state index contributed by atoms with van der Waals surface area (Å²) in [7, 11) is 2.92. The van der Waals surface area contributed by atoms with Gasteiger partial charge >= 0.3 is 6.18 Å². The molecule has 0 radical (unpaired) electrons. The molecule has 0 atom stereocenters. The zero-order valence-electron chi connectivity index (χ0n) is 20.2. The summed E-state index contributed by atoms with van der Waals surface area (Å²) in [4.78, 5) is 21.2. The molecular formula is C25H20F4N8O. The lowest BCUT2D eigenvalue weighted by molar-refractivity contribution is -0.140.